The Morgan fingerprint density at radius 2 is 1.13 bits per heavy atom. The molecule has 0 heterocycles. The van der Waals surface area contributed by atoms with Crippen molar-refractivity contribution < 1.29 is 14.7 Å². The lowest BCUT2D eigenvalue weighted by Crippen LogP contribution is -2.44. The quantitative estimate of drug-likeness (QED) is 0.170. The Morgan fingerprint density at radius 1 is 0.700 bits per heavy atom. The summed E-state index contributed by atoms with van der Waals surface area (Å²) in [4.78, 5) is 22.8. The van der Waals surface area contributed by atoms with E-state index in [0.717, 1.165) is 12.8 Å². The van der Waals surface area contributed by atoms with Gasteiger partial charge in [0.05, 0.1) is 6.04 Å². The van der Waals surface area contributed by atoms with E-state index in [0.29, 0.717) is 19.5 Å². The van der Waals surface area contributed by atoms with Crippen LogP contribution in [-0.4, -0.2) is 36.1 Å². The zero-order chi connectivity index (χ0) is 22.3. The predicted molar refractivity (Wildman–Crippen MR) is 127 cm³/mol. The van der Waals surface area contributed by atoms with E-state index in [1.165, 1.54) is 89.9 Å². The third-order valence-electron chi connectivity index (χ3n) is 5.74. The van der Waals surface area contributed by atoms with E-state index >= 15 is 0 Å². The van der Waals surface area contributed by atoms with Crippen LogP contribution in [0.15, 0.2) is 0 Å². The van der Waals surface area contributed by atoms with Gasteiger partial charge in [0.1, 0.15) is 0 Å². The number of likely N-dealkylation sites (N-methyl/N-ethyl adjacent to an activating group) is 1. The molecule has 0 radical (unpaired) electrons. The van der Waals surface area contributed by atoms with E-state index in [1.807, 2.05) is 6.92 Å². The van der Waals surface area contributed by atoms with Crippen molar-refractivity contribution in [3.63, 3.8) is 0 Å². The molecule has 0 aromatic rings. The number of unbranched alkanes of at least 4 members (excludes halogenated alkanes) is 15. The molecule has 0 aromatic heterocycles. The van der Waals surface area contributed by atoms with Gasteiger partial charge in [-0.2, -0.15) is 0 Å². The molecule has 0 bridgehead atoms. The second-order valence-electron chi connectivity index (χ2n) is 8.64. The normalized spacial score (nSPS) is 12.1. The van der Waals surface area contributed by atoms with Gasteiger partial charge in [-0.05, 0) is 19.4 Å². The van der Waals surface area contributed by atoms with Crippen molar-refractivity contribution in [1.82, 2.24) is 10.6 Å². The highest BCUT2D eigenvalue weighted by molar-refractivity contribution is 5.82. The largest absolute Gasteiger partial charge is 0.481 e. The van der Waals surface area contributed by atoms with Crippen LogP contribution < -0.4 is 10.6 Å². The summed E-state index contributed by atoms with van der Waals surface area (Å²) in [7, 11) is 0. The average molecular weight is 427 g/mol. The minimum atomic E-state index is -0.858. The van der Waals surface area contributed by atoms with Crippen LogP contribution in [-0.2, 0) is 9.59 Å². The van der Waals surface area contributed by atoms with E-state index in [1.54, 1.807) is 0 Å². The van der Waals surface area contributed by atoms with E-state index in [9.17, 15) is 9.59 Å². The van der Waals surface area contributed by atoms with Crippen molar-refractivity contribution in [2.24, 2.45) is 0 Å². The zero-order valence-electron chi connectivity index (χ0n) is 20.0. The number of hydrogen-bond acceptors (Lipinski definition) is 3. The van der Waals surface area contributed by atoms with Crippen molar-refractivity contribution in [3.05, 3.63) is 0 Å². The van der Waals surface area contributed by atoms with Crippen LogP contribution in [0.25, 0.3) is 0 Å². The second-order valence-corrected chi connectivity index (χ2v) is 8.64. The lowest BCUT2D eigenvalue weighted by atomic mass is 10.0. The van der Waals surface area contributed by atoms with Crippen molar-refractivity contribution >= 4 is 11.9 Å². The number of carboxylic acid groups (broad SMARTS) is 1. The number of carbonyl (C=O) groups is 2. The van der Waals surface area contributed by atoms with Crippen LogP contribution in [0.1, 0.15) is 129 Å². The predicted octanol–water partition coefficient (Wildman–Crippen LogP) is 6.21. The lowest BCUT2D eigenvalue weighted by molar-refractivity contribution is -0.137. The fourth-order valence-corrected chi connectivity index (χ4v) is 3.85. The summed E-state index contributed by atoms with van der Waals surface area (Å²) in [6.45, 7) is 5.55. The molecule has 0 aliphatic rings. The highest BCUT2D eigenvalue weighted by atomic mass is 16.4. The van der Waals surface area contributed by atoms with E-state index < -0.39 is 12.0 Å². The fraction of sp³-hybridized carbons (Fsp3) is 0.920. The number of nitrogens with one attached hydrogen (secondary N) is 2. The van der Waals surface area contributed by atoms with Gasteiger partial charge in [0.25, 0.3) is 0 Å². The Labute approximate surface area is 186 Å². The van der Waals surface area contributed by atoms with Crippen molar-refractivity contribution in [2.75, 3.05) is 13.1 Å². The number of carbonyl (C=O) groups excluding carboxylic acids is 1. The molecule has 5 heteroatoms. The van der Waals surface area contributed by atoms with Gasteiger partial charge >= 0.3 is 5.97 Å². The van der Waals surface area contributed by atoms with Crippen LogP contribution >= 0.6 is 0 Å². The first-order chi connectivity index (χ1) is 14.6. The Morgan fingerprint density at radius 3 is 1.53 bits per heavy atom. The molecule has 0 unspecified atom stereocenters. The van der Waals surface area contributed by atoms with Gasteiger partial charge in [-0.25, -0.2) is 0 Å². The number of aliphatic carboxylic acids is 1. The third-order valence-corrected chi connectivity index (χ3v) is 5.74. The van der Waals surface area contributed by atoms with Gasteiger partial charge in [0.15, 0.2) is 0 Å². The van der Waals surface area contributed by atoms with Gasteiger partial charge < -0.3 is 15.7 Å². The minimum Gasteiger partial charge on any atom is -0.481 e. The molecule has 1 atom stereocenters. The molecule has 0 aliphatic heterocycles. The molecule has 1 amide bonds. The van der Waals surface area contributed by atoms with Crippen LogP contribution in [0, 0.1) is 0 Å². The first kappa shape index (κ1) is 28.9. The molecule has 178 valence electrons. The SMILES string of the molecule is CCCCCCCCCCCCCCCCCCNC(=O)[C@H](CCC(=O)O)NCC. The summed E-state index contributed by atoms with van der Waals surface area (Å²) < 4.78 is 0. The maximum atomic E-state index is 12.1. The molecule has 0 rings (SSSR count). The van der Waals surface area contributed by atoms with Crippen LogP contribution in [0.3, 0.4) is 0 Å². The first-order valence-corrected chi connectivity index (χ1v) is 12.8. The maximum Gasteiger partial charge on any atom is 0.303 e. The van der Waals surface area contributed by atoms with Gasteiger partial charge in [0, 0.05) is 13.0 Å². The summed E-state index contributed by atoms with van der Waals surface area (Å²) in [5.74, 6) is -0.928. The number of carboxylic acids is 1. The summed E-state index contributed by atoms with van der Waals surface area (Å²) in [5, 5.41) is 14.8. The van der Waals surface area contributed by atoms with Gasteiger partial charge in [-0.15, -0.1) is 0 Å². The van der Waals surface area contributed by atoms with Crippen molar-refractivity contribution in [2.45, 2.75) is 135 Å². The van der Waals surface area contributed by atoms with E-state index in [2.05, 4.69) is 17.6 Å². The summed E-state index contributed by atoms with van der Waals surface area (Å²) in [6, 6.07) is -0.396. The molecule has 3 N–H and O–H groups in total. The average Bonchev–Trinajstić information content (AvgIpc) is 2.73. The van der Waals surface area contributed by atoms with Gasteiger partial charge in [-0.3, -0.25) is 9.59 Å². The second kappa shape index (κ2) is 22.6. The smallest absolute Gasteiger partial charge is 0.303 e. The Balaban J connectivity index is 3.38. The highest BCUT2D eigenvalue weighted by Gasteiger charge is 2.17. The Hall–Kier alpha value is -1.10. The standard InChI is InChI=1S/C25H50N2O3/c1-3-5-6-7-8-9-10-11-12-13-14-15-16-17-18-19-22-27-25(30)23(26-4-2)20-21-24(28)29/h23,26H,3-22H2,1-2H3,(H,27,30)(H,28,29)/t23-/m0/s1. The van der Waals surface area contributed by atoms with Crippen LogP contribution in [0.5, 0.6) is 0 Å². The lowest BCUT2D eigenvalue weighted by Gasteiger charge is -2.16. The highest BCUT2D eigenvalue weighted by Crippen LogP contribution is 2.13. The summed E-state index contributed by atoms with van der Waals surface area (Å²) >= 11 is 0. The molecule has 5 nitrogen and oxygen atoms in total. The third kappa shape index (κ3) is 20.2. The molecule has 30 heavy (non-hydrogen) atoms. The first-order valence-electron chi connectivity index (χ1n) is 12.8. The summed E-state index contributed by atoms with van der Waals surface area (Å²) in [6.07, 6.45) is 21.8. The number of amides is 1. The molecule has 0 spiro atoms. The number of rotatable bonds is 23. The molecule has 0 fully saturated rings. The number of hydrogen-bond donors (Lipinski definition) is 3. The molecule has 0 aliphatic carbocycles. The van der Waals surface area contributed by atoms with Gasteiger partial charge in [-0.1, -0.05) is 110 Å². The molecule has 0 saturated carbocycles. The zero-order valence-corrected chi connectivity index (χ0v) is 20.0. The summed E-state index contributed by atoms with van der Waals surface area (Å²) in [5.41, 5.74) is 0. The van der Waals surface area contributed by atoms with Crippen molar-refractivity contribution in [1.29, 1.82) is 0 Å². The minimum absolute atomic E-state index is 0.0180. The molecular weight excluding hydrogens is 376 g/mol. The molecular formula is C25H50N2O3. The van der Waals surface area contributed by atoms with Crippen LogP contribution in [0.4, 0.5) is 0 Å². The Bertz CT molecular complexity index is 402. The van der Waals surface area contributed by atoms with Crippen LogP contribution in [0.2, 0.25) is 0 Å². The van der Waals surface area contributed by atoms with Crippen molar-refractivity contribution in [3.8, 4) is 0 Å². The van der Waals surface area contributed by atoms with E-state index in [4.69, 9.17) is 5.11 Å². The maximum absolute atomic E-state index is 12.1. The van der Waals surface area contributed by atoms with E-state index in [-0.39, 0.29) is 12.3 Å². The fourth-order valence-electron chi connectivity index (χ4n) is 3.85. The topological polar surface area (TPSA) is 78.4 Å². The monoisotopic (exact) mass is 426 g/mol. The Kier molecular flexibility index (Phi) is 21.8. The van der Waals surface area contributed by atoms with Gasteiger partial charge in [0.2, 0.25) is 5.91 Å². The molecule has 0 aromatic carbocycles. The molecule has 0 saturated heterocycles.